The summed E-state index contributed by atoms with van der Waals surface area (Å²) in [5, 5.41) is 2.70. The van der Waals surface area contributed by atoms with Gasteiger partial charge in [-0.15, -0.1) is 6.58 Å². The average Bonchev–Trinajstić information content (AvgIpc) is 2.32. The van der Waals surface area contributed by atoms with Gasteiger partial charge in [-0.25, -0.2) is 4.79 Å². The van der Waals surface area contributed by atoms with Crippen LogP contribution in [-0.2, 0) is 19.1 Å². The molecule has 0 bridgehead atoms. The third-order valence-corrected chi connectivity index (χ3v) is 2.14. The van der Waals surface area contributed by atoms with E-state index in [2.05, 4.69) is 11.9 Å². The summed E-state index contributed by atoms with van der Waals surface area (Å²) in [6.07, 6.45) is 0.0251. The van der Waals surface area contributed by atoms with Gasteiger partial charge in [-0.3, -0.25) is 4.79 Å². The Balaban J connectivity index is 4.05. The first-order valence-electron chi connectivity index (χ1n) is 6.09. The van der Waals surface area contributed by atoms with Gasteiger partial charge in [0.15, 0.2) is 12.2 Å². The van der Waals surface area contributed by atoms with Crippen molar-refractivity contribution in [2.45, 2.75) is 39.9 Å². The van der Waals surface area contributed by atoms with Gasteiger partial charge in [-0.05, 0) is 19.8 Å². The zero-order valence-electron chi connectivity index (χ0n) is 11.6. The van der Waals surface area contributed by atoms with Crippen molar-refractivity contribution in [3.8, 4) is 0 Å². The minimum absolute atomic E-state index is 0.268. The van der Waals surface area contributed by atoms with Crippen molar-refractivity contribution in [3.63, 3.8) is 0 Å². The number of hydrogen-bond acceptors (Lipinski definition) is 4. The van der Waals surface area contributed by atoms with E-state index in [-0.39, 0.29) is 12.5 Å². The number of carbonyl (C=O) groups excluding carboxylic acids is 2. The molecule has 0 aliphatic carbocycles. The van der Waals surface area contributed by atoms with Crippen LogP contribution in [0.2, 0.25) is 0 Å². The summed E-state index contributed by atoms with van der Waals surface area (Å²) < 4.78 is 10.1. The third kappa shape index (κ3) is 7.06. The molecule has 0 radical (unpaired) electrons. The summed E-state index contributed by atoms with van der Waals surface area (Å²) in [6.45, 7) is 11.4. The predicted molar refractivity (Wildman–Crippen MR) is 69.0 cm³/mol. The van der Waals surface area contributed by atoms with Crippen molar-refractivity contribution in [3.05, 3.63) is 12.7 Å². The third-order valence-electron chi connectivity index (χ3n) is 2.14. The molecular weight excluding hydrogens is 234 g/mol. The van der Waals surface area contributed by atoms with E-state index < -0.39 is 18.2 Å². The highest BCUT2D eigenvalue weighted by molar-refractivity contribution is 5.84. The van der Waals surface area contributed by atoms with Crippen LogP contribution >= 0.6 is 0 Å². The Kier molecular flexibility index (Phi) is 8.03. The van der Waals surface area contributed by atoms with Gasteiger partial charge in [-0.2, -0.15) is 0 Å². The Bertz CT molecular complexity index is 289. The number of amides is 1. The van der Waals surface area contributed by atoms with E-state index in [0.29, 0.717) is 12.5 Å². The lowest BCUT2D eigenvalue weighted by Crippen LogP contribution is -2.39. The lowest BCUT2D eigenvalue weighted by Gasteiger charge is -2.17. The molecule has 0 rings (SSSR count). The van der Waals surface area contributed by atoms with Crippen LogP contribution in [-0.4, -0.2) is 37.2 Å². The van der Waals surface area contributed by atoms with Crippen molar-refractivity contribution in [2.75, 3.05) is 13.2 Å². The normalized spacial score (nSPS) is 13.8. The standard InChI is InChI=1S/C13H23NO4/c1-6-7-17-11(5)13(16)18-10(4)12(15)14-8-9(2)3/h6,9-11H,1,7-8H2,2-5H3,(H,14,15). The molecule has 0 fully saturated rings. The molecule has 0 aromatic carbocycles. The minimum atomic E-state index is -0.814. The first kappa shape index (κ1) is 16.6. The van der Waals surface area contributed by atoms with E-state index in [9.17, 15) is 9.59 Å². The van der Waals surface area contributed by atoms with Crippen molar-refractivity contribution >= 4 is 11.9 Å². The van der Waals surface area contributed by atoms with E-state index >= 15 is 0 Å². The second kappa shape index (κ2) is 8.69. The molecule has 0 aliphatic heterocycles. The number of nitrogens with one attached hydrogen (secondary N) is 1. The monoisotopic (exact) mass is 257 g/mol. The van der Waals surface area contributed by atoms with E-state index in [4.69, 9.17) is 9.47 Å². The molecule has 18 heavy (non-hydrogen) atoms. The molecule has 2 unspecified atom stereocenters. The molecule has 5 heteroatoms. The lowest BCUT2D eigenvalue weighted by atomic mass is 10.2. The summed E-state index contributed by atoms with van der Waals surface area (Å²) in [4.78, 5) is 23.1. The number of ether oxygens (including phenoxy) is 2. The zero-order chi connectivity index (χ0) is 14.1. The lowest BCUT2D eigenvalue weighted by molar-refractivity contribution is -0.164. The largest absolute Gasteiger partial charge is 0.451 e. The maximum absolute atomic E-state index is 11.6. The van der Waals surface area contributed by atoms with Gasteiger partial charge in [0.25, 0.3) is 5.91 Å². The maximum atomic E-state index is 11.6. The molecule has 2 atom stereocenters. The van der Waals surface area contributed by atoms with Gasteiger partial charge in [0.2, 0.25) is 0 Å². The molecule has 1 amide bonds. The Hall–Kier alpha value is -1.36. The van der Waals surface area contributed by atoms with E-state index in [1.54, 1.807) is 13.0 Å². The van der Waals surface area contributed by atoms with Crippen LogP contribution in [0.5, 0.6) is 0 Å². The highest BCUT2D eigenvalue weighted by atomic mass is 16.6. The first-order valence-corrected chi connectivity index (χ1v) is 6.09. The molecular formula is C13H23NO4. The number of esters is 1. The zero-order valence-corrected chi connectivity index (χ0v) is 11.6. The van der Waals surface area contributed by atoms with Gasteiger partial charge in [0.05, 0.1) is 6.61 Å². The summed E-state index contributed by atoms with van der Waals surface area (Å²) in [5.41, 5.74) is 0. The number of carbonyl (C=O) groups is 2. The van der Waals surface area contributed by atoms with Gasteiger partial charge in [0.1, 0.15) is 0 Å². The quantitative estimate of drug-likeness (QED) is 0.525. The van der Waals surface area contributed by atoms with Crippen LogP contribution in [0.4, 0.5) is 0 Å². The molecule has 0 aromatic heterocycles. The van der Waals surface area contributed by atoms with Gasteiger partial charge < -0.3 is 14.8 Å². The summed E-state index contributed by atoms with van der Waals surface area (Å²) >= 11 is 0. The van der Waals surface area contributed by atoms with E-state index in [1.807, 2.05) is 13.8 Å². The predicted octanol–water partition coefficient (Wildman–Crippen LogP) is 1.28. The Morgan fingerprint density at radius 1 is 1.22 bits per heavy atom. The van der Waals surface area contributed by atoms with Crippen molar-refractivity contribution in [1.29, 1.82) is 0 Å². The Morgan fingerprint density at radius 2 is 1.83 bits per heavy atom. The average molecular weight is 257 g/mol. The molecule has 0 spiro atoms. The van der Waals surface area contributed by atoms with Gasteiger partial charge >= 0.3 is 5.97 Å². The fourth-order valence-corrected chi connectivity index (χ4v) is 1.05. The number of rotatable bonds is 8. The smallest absolute Gasteiger partial charge is 0.335 e. The van der Waals surface area contributed by atoms with E-state index in [1.165, 1.54) is 6.92 Å². The summed E-state index contributed by atoms with van der Waals surface area (Å²) in [6, 6.07) is 0. The topological polar surface area (TPSA) is 64.6 Å². The molecule has 104 valence electrons. The molecule has 0 saturated heterocycles. The fourth-order valence-electron chi connectivity index (χ4n) is 1.05. The molecule has 1 N–H and O–H groups in total. The van der Waals surface area contributed by atoms with Gasteiger partial charge in [0, 0.05) is 6.54 Å². The highest BCUT2D eigenvalue weighted by Crippen LogP contribution is 2.00. The maximum Gasteiger partial charge on any atom is 0.335 e. The molecule has 5 nitrogen and oxygen atoms in total. The van der Waals surface area contributed by atoms with Crippen molar-refractivity contribution in [2.24, 2.45) is 5.92 Å². The second-order valence-corrected chi connectivity index (χ2v) is 4.48. The second-order valence-electron chi connectivity index (χ2n) is 4.48. The SMILES string of the molecule is C=CCOC(C)C(=O)OC(C)C(=O)NCC(C)C. The summed E-state index contributed by atoms with van der Waals surface area (Å²) in [5.74, 6) is -0.497. The highest BCUT2D eigenvalue weighted by Gasteiger charge is 2.21. The molecule has 0 heterocycles. The Morgan fingerprint density at radius 3 is 2.33 bits per heavy atom. The van der Waals surface area contributed by atoms with Crippen LogP contribution in [0.25, 0.3) is 0 Å². The van der Waals surface area contributed by atoms with Crippen LogP contribution in [0.3, 0.4) is 0 Å². The van der Waals surface area contributed by atoms with E-state index in [0.717, 1.165) is 0 Å². The molecule has 0 saturated carbocycles. The van der Waals surface area contributed by atoms with Gasteiger partial charge in [-0.1, -0.05) is 19.9 Å². The molecule has 0 aliphatic rings. The van der Waals surface area contributed by atoms with Crippen LogP contribution in [0.15, 0.2) is 12.7 Å². The van der Waals surface area contributed by atoms with Crippen molar-refractivity contribution in [1.82, 2.24) is 5.32 Å². The van der Waals surface area contributed by atoms with Crippen LogP contribution < -0.4 is 5.32 Å². The van der Waals surface area contributed by atoms with Crippen molar-refractivity contribution < 1.29 is 19.1 Å². The Labute approximate surface area is 109 Å². The summed E-state index contributed by atoms with van der Waals surface area (Å²) in [7, 11) is 0. The first-order chi connectivity index (χ1) is 8.38. The number of hydrogen-bond donors (Lipinski definition) is 1. The fraction of sp³-hybridized carbons (Fsp3) is 0.692. The van der Waals surface area contributed by atoms with Crippen LogP contribution in [0, 0.1) is 5.92 Å². The minimum Gasteiger partial charge on any atom is -0.451 e. The molecule has 0 aromatic rings. The van der Waals surface area contributed by atoms with Crippen LogP contribution in [0.1, 0.15) is 27.7 Å².